The normalized spacial score (nSPS) is 21.3. The van der Waals surface area contributed by atoms with Crippen LogP contribution in [0, 0.1) is 5.92 Å². The first-order chi connectivity index (χ1) is 10.3. The molecule has 0 N–H and O–H groups in total. The molecule has 0 bridgehead atoms. The Kier molecular flexibility index (Phi) is 3.82. The van der Waals surface area contributed by atoms with Crippen molar-refractivity contribution < 1.29 is 4.79 Å². The van der Waals surface area contributed by atoms with Crippen LogP contribution >= 0.6 is 0 Å². The van der Waals surface area contributed by atoms with E-state index in [1.54, 1.807) is 18.5 Å². The van der Waals surface area contributed by atoms with Gasteiger partial charge in [-0.1, -0.05) is 43.3 Å². The van der Waals surface area contributed by atoms with Crippen molar-refractivity contribution in [3.8, 4) is 0 Å². The molecule has 3 rings (SSSR count). The van der Waals surface area contributed by atoms with Gasteiger partial charge in [-0.15, -0.1) is 0 Å². The molecule has 1 aliphatic rings. The molecular formula is C18H18N2O. The highest BCUT2D eigenvalue weighted by Gasteiger charge is 2.38. The van der Waals surface area contributed by atoms with Gasteiger partial charge in [0.2, 0.25) is 5.91 Å². The Morgan fingerprint density at radius 1 is 1.24 bits per heavy atom. The van der Waals surface area contributed by atoms with Gasteiger partial charge in [0.05, 0.1) is 6.04 Å². The summed E-state index contributed by atoms with van der Waals surface area (Å²) < 4.78 is 0. The molecule has 0 spiro atoms. The van der Waals surface area contributed by atoms with Crippen molar-refractivity contribution in [1.29, 1.82) is 0 Å². The summed E-state index contributed by atoms with van der Waals surface area (Å²) in [4.78, 5) is 18.3. The molecule has 1 aliphatic heterocycles. The average molecular weight is 278 g/mol. The minimum atomic E-state index is 0.0609. The number of amides is 1. The quantitative estimate of drug-likeness (QED) is 0.807. The molecule has 21 heavy (non-hydrogen) atoms. The number of hydrogen-bond acceptors (Lipinski definition) is 2. The van der Waals surface area contributed by atoms with Gasteiger partial charge in [-0.25, -0.2) is 0 Å². The Bertz CT molecular complexity index is 637. The topological polar surface area (TPSA) is 33.2 Å². The third-order valence-electron chi connectivity index (χ3n) is 3.89. The number of pyridine rings is 1. The third kappa shape index (κ3) is 2.87. The van der Waals surface area contributed by atoms with Crippen LogP contribution in [0.5, 0.6) is 0 Å². The number of benzene rings is 1. The summed E-state index contributed by atoms with van der Waals surface area (Å²) in [6.07, 6.45) is 6.93. The zero-order chi connectivity index (χ0) is 14.7. The molecule has 1 amide bonds. The van der Waals surface area contributed by atoms with E-state index < -0.39 is 0 Å². The van der Waals surface area contributed by atoms with Gasteiger partial charge in [-0.05, 0) is 29.2 Å². The Balaban J connectivity index is 1.72. The number of aromatic nitrogens is 1. The Morgan fingerprint density at radius 3 is 2.71 bits per heavy atom. The van der Waals surface area contributed by atoms with Gasteiger partial charge in [-0.3, -0.25) is 9.78 Å². The predicted octanol–water partition coefficient (Wildman–Crippen LogP) is 3.31. The number of carbonyl (C=O) groups excluding carboxylic acids is 1. The molecule has 3 heteroatoms. The highest BCUT2D eigenvalue weighted by Crippen LogP contribution is 2.38. The fourth-order valence-corrected chi connectivity index (χ4v) is 2.82. The number of carbonyl (C=O) groups is 1. The standard InChI is InChI=1S/C18H18N2O/c1-14-13-20(18(14)16-7-3-2-4-8-16)17(21)10-9-15-6-5-11-19-12-15/h2-12,14,18H,13H2,1H3/b10-9-/t14-,18-/m1/s1. The summed E-state index contributed by atoms with van der Waals surface area (Å²) in [5, 5.41) is 0. The van der Waals surface area contributed by atoms with Crippen molar-refractivity contribution in [1.82, 2.24) is 9.88 Å². The largest absolute Gasteiger partial charge is 0.331 e. The molecule has 1 aromatic carbocycles. The van der Waals surface area contributed by atoms with Gasteiger partial charge >= 0.3 is 0 Å². The van der Waals surface area contributed by atoms with E-state index in [9.17, 15) is 4.79 Å². The lowest BCUT2D eigenvalue weighted by atomic mass is 9.84. The van der Waals surface area contributed by atoms with Gasteiger partial charge in [0.25, 0.3) is 0 Å². The van der Waals surface area contributed by atoms with Gasteiger partial charge < -0.3 is 4.90 Å². The lowest BCUT2D eigenvalue weighted by Gasteiger charge is -2.46. The molecule has 2 aromatic rings. The molecule has 0 aliphatic carbocycles. The fraction of sp³-hybridized carbons (Fsp3) is 0.222. The van der Waals surface area contributed by atoms with Gasteiger partial charge in [0.1, 0.15) is 0 Å². The summed E-state index contributed by atoms with van der Waals surface area (Å²) in [5.41, 5.74) is 2.15. The third-order valence-corrected chi connectivity index (χ3v) is 3.89. The average Bonchev–Trinajstić information content (AvgIpc) is 2.52. The van der Waals surface area contributed by atoms with Gasteiger partial charge in [0.15, 0.2) is 0 Å². The monoisotopic (exact) mass is 278 g/mol. The molecule has 2 heterocycles. The van der Waals surface area contributed by atoms with Gasteiger partial charge in [0, 0.05) is 25.0 Å². The molecule has 3 nitrogen and oxygen atoms in total. The summed E-state index contributed by atoms with van der Waals surface area (Å²) in [6, 6.07) is 14.2. The van der Waals surface area contributed by atoms with Crippen LogP contribution in [-0.4, -0.2) is 22.3 Å². The molecule has 1 saturated heterocycles. The first-order valence-corrected chi connectivity index (χ1v) is 7.19. The van der Waals surface area contributed by atoms with Crippen LogP contribution in [-0.2, 0) is 4.79 Å². The summed E-state index contributed by atoms with van der Waals surface area (Å²) in [5.74, 6) is 0.564. The first-order valence-electron chi connectivity index (χ1n) is 7.19. The molecule has 0 saturated carbocycles. The van der Waals surface area contributed by atoms with Crippen LogP contribution in [0.2, 0.25) is 0 Å². The Morgan fingerprint density at radius 2 is 2.05 bits per heavy atom. The van der Waals surface area contributed by atoms with E-state index in [0.717, 1.165) is 12.1 Å². The van der Waals surface area contributed by atoms with Crippen molar-refractivity contribution in [2.75, 3.05) is 6.54 Å². The highest BCUT2D eigenvalue weighted by atomic mass is 16.2. The summed E-state index contributed by atoms with van der Waals surface area (Å²) >= 11 is 0. The minimum Gasteiger partial charge on any atom is -0.331 e. The second-order valence-electron chi connectivity index (χ2n) is 5.44. The van der Waals surface area contributed by atoms with E-state index in [1.807, 2.05) is 41.3 Å². The second-order valence-corrected chi connectivity index (χ2v) is 5.44. The van der Waals surface area contributed by atoms with Crippen LogP contribution in [0.3, 0.4) is 0 Å². The van der Waals surface area contributed by atoms with Crippen LogP contribution in [0.4, 0.5) is 0 Å². The molecule has 106 valence electrons. The van der Waals surface area contributed by atoms with Crippen LogP contribution in [0.15, 0.2) is 60.9 Å². The zero-order valence-electron chi connectivity index (χ0n) is 12.0. The SMILES string of the molecule is C[C@@H]1CN(C(=O)/C=C\c2cccnc2)[C@H]1c1ccccc1. The van der Waals surface area contributed by atoms with E-state index in [-0.39, 0.29) is 11.9 Å². The molecule has 0 unspecified atom stereocenters. The van der Waals surface area contributed by atoms with E-state index in [0.29, 0.717) is 5.92 Å². The lowest BCUT2D eigenvalue weighted by Crippen LogP contribution is -2.50. The van der Waals surface area contributed by atoms with Crippen molar-refractivity contribution in [3.05, 3.63) is 72.1 Å². The maximum absolute atomic E-state index is 12.3. The summed E-state index contributed by atoms with van der Waals surface area (Å²) in [7, 11) is 0. The smallest absolute Gasteiger partial charge is 0.247 e. The molecule has 2 atom stereocenters. The number of nitrogens with zero attached hydrogens (tertiary/aromatic N) is 2. The lowest BCUT2D eigenvalue weighted by molar-refractivity contribution is -0.137. The van der Waals surface area contributed by atoms with Crippen LogP contribution < -0.4 is 0 Å². The van der Waals surface area contributed by atoms with Crippen LogP contribution in [0.25, 0.3) is 6.08 Å². The fourth-order valence-electron chi connectivity index (χ4n) is 2.82. The minimum absolute atomic E-state index is 0.0609. The summed E-state index contributed by atoms with van der Waals surface area (Å²) in [6.45, 7) is 3.00. The van der Waals surface area contributed by atoms with Crippen LogP contribution in [0.1, 0.15) is 24.1 Å². The number of likely N-dealkylation sites (tertiary alicyclic amines) is 1. The number of hydrogen-bond donors (Lipinski definition) is 0. The van der Waals surface area contributed by atoms with Crippen molar-refractivity contribution in [2.45, 2.75) is 13.0 Å². The molecular weight excluding hydrogens is 260 g/mol. The van der Waals surface area contributed by atoms with E-state index in [1.165, 1.54) is 5.56 Å². The molecule has 1 fully saturated rings. The van der Waals surface area contributed by atoms with Crippen molar-refractivity contribution in [2.24, 2.45) is 5.92 Å². The maximum atomic E-state index is 12.3. The predicted molar refractivity (Wildman–Crippen MR) is 83.3 cm³/mol. The van der Waals surface area contributed by atoms with Gasteiger partial charge in [-0.2, -0.15) is 0 Å². The highest BCUT2D eigenvalue weighted by molar-refractivity contribution is 5.92. The first kappa shape index (κ1) is 13.6. The van der Waals surface area contributed by atoms with E-state index in [4.69, 9.17) is 0 Å². The zero-order valence-corrected chi connectivity index (χ0v) is 12.0. The van der Waals surface area contributed by atoms with Crippen molar-refractivity contribution >= 4 is 12.0 Å². The molecule has 0 radical (unpaired) electrons. The Hall–Kier alpha value is -2.42. The van der Waals surface area contributed by atoms with E-state index >= 15 is 0 Å². The Labute approximate surface area is 124 Å². The van der Waals surface area contributed by atoms with Crippen molar-refractivity contribution in [3.63, 3.8) is 0 Å². The maximum Gasteiger partial charge on any atom is 0.247 e. The second kappa shape index (κ2) is 5.92. The number of rotatable bonds is 3. The molecule has 1 aromatic heterocycles. The van der Waals surface area contributed by atoms with E-state index in [2.05, 4.69) is 24.0 Å².